The second-order valence-electron chi connectivity index (χ2n) is 7.44. The highest BCUT2D eigenvalue weighted by atomic mass is 19.1. The number of carbonyl (C=O) groups excluding carboxylic acids is 2. The highest BCUT2D eigenvalue weighted by molar-refractivity contribution is 5.92. The molecule has 0 spiro atoms. The summed E-state index contributed by atoms with van der Waals surface area (Å²) < 4.78 is 18.3. The largest absolute Gasteiger partial charge is 0.359 e. The third-order valence-electron chi connectivity index (χ3n) is 4.96. The fourth-order valence-corrected chi connectivity index (χ4v) is 3.16. The Morgan fingerprint density at radius 3 is 2.47 bits per heavy atom. The van der Waals surface area contributed by atoms with Crippen molar-refractivity contribution in [2.24, 2.45) is 5.92 Å². The van der Waals surface area contributed by atoms with E-state index in [1.807, 2.05) is 30.3 Å². The summed E-state index contributed by atoms with van der Waals surface area (Å²) in [6.07, 6.45) is 1.83. The zero-order valence-electron chi connectivity index (χ0n) is 16.4. The van der Waals surface area contributed by atoms with Crippen LogP contribution in [0.3, 0.4) is 0 Å². The first-order valence-corrected chi connectivity index (χ1v) is 9.89. The molecule has 7 heteroatoms. The van der Waals surface area contributed by atoms with Crippen LogP contribution in [0.25, 0.3) is 0 Å². The molecule has 1 heterocycles. The van der Waals surface area contributed by atoms with Crippen LogP contribution in [0.15, 0.2) is 65.2 Å². The molecule has 154 valence electrons. The van der Waals surface area contributed by atoms with Crippen LogP contribution >= 0.6 is 0 Å². The Labute approximate surface area is 173 Å². The van der Waals surface area contributed by atoms with Crippen LogP contribution in [0.5, 0.6) is 0 Å². The van der Waals surface area contributed by atoms with Gasteiger partial charge in [-0.25, -0.2) is 4.39 Å². The van der Waals surface area contributed by atoms with Crippen LogP contribution in [-0.4, -0.2) is 21.9 Å². The predicted octanol–water partition coefficient (Wildman–Crippen LogP) is 3.68. The Morgan fingerprint density at radius 1 is 1.03 bits per heavy atom. The zero-order chi connectivity index (χ0) is 20.9. The molecule has 0 unspecified atom stereocenters. The molecule has 4 rings (SSSR count). The Kier molecular flexibility index (Phi) is 5.88. The zero-order valence-corrected chi connectivity index (χ0v) is 16.4. The van der Waals surface area contributed by atoms with Gasteiger partial charge in [0.1, 0.15) is 5.82 Å². The highest BCUT2D eigenvalue weighted by Gasteiger charge is 2.34. The number of halogens is 1. The summed E-state index contributed by atoms with van der Waals surface area (Å²) in [5, 5.41) is 6.57. The van der Waals surface area contributed by atoms with E-state index in [9.17, 15) is 14.0 Å². The molecule has 0 bridgehead atoms. The van der Waals surface area contributed by atoms with E-state index in [-0.39, 0.29) is 36.4 Å². The standard InChI is InChI=1S/C23H22FN3O3/c24-19-10-6-16(7-11-19)13-25-22(28)21-12-20(30-26-21)15-27(23(29)18-8-9-18)14-17-4-2-1-3-5-17/h1-7,10-12,18H,8-9,13-15H2,(H,25,28). The molecular formula is C23H22FN3O3. The van der Waals surface area contributed by atoms with E-state index in [1.165, 1.54) is 12.1 Å². The van der Waals surface area contributed by atoms with Gasteiger partial charge in [0.25, 0.3) is 5.91 Å². The smallest absolute Gasteiger partial charge is 0.273 e. The Morgan fingerprint density at radius 2 is 1.77 bits per heavy atom. The second-order valence-corrected chi connectivity index (χ2v) is 7.44. The first-order valence-electron chi connectivity index (χ1n) is 9.89. The molecule has 2 amide bonds. The maximum Gasteiger partial charge on any atom is 0.273 e. The molecule has 0 atom stereocenters. The fraction of sp³-hybridized carbons (Fsp3) is 0.261. The van der Waals surface area contributed by atoms with Crippen molar-refractivity contribution in [3.63, 3.8) is 0 Å². The molecule has 1 aliphatic rings. The third-order valence-corrected chi connectivity index (χ3v) is 4.96. The van der Waals surface area contributed by atoms with Gasteiger partial charge in [0, 0.05) is 25.1 Å². The Bertz CT molecular complexity index is 1010. The van der Waals surface area contributed by atoms with Gasteiger partial charge in [0.05, 0.1) is 6.54 Å². The quantitative estimate of drug-likeness (QED) is 0.618. The molecule has 0 saturated heterocycles. The first kappa shape index (κ1) is 19.8. The summed E-state index contributed by atoms with van der Waals surface area (Å²) in [7, 11) is 0. The number of amides is 2. The van der Waals surface area contributed by atoms with Crippen molar-refractivity contribution in [3.05, 3.63) is 89.1 Å². The van der Waals surface area contributed by atoms with E-state index >= 15 is 0 Å². The van der Waals surface area contributed by atoms with Gasteiger partial charge < -0.3 is 14.7 Å². The number of nitrogens with zero attached hydrogens (tertiary/aromatic N) is 2. The molecular weight excluding hydrogens is 385 g/mol. The highest BCUT2D eigenvalue weighted by Crippen LogP contribution is 2.32. The van der Waals surface area contributed by atoms with Crippen molar-refractivity contribution < 1.29 is 18.5 Å². The summed E-state index contributed by atoms with van der Waals surface area (Å²) in [6.45, 7) is 0.979. The maximum absolute atomic E-state index is 13.0. The average Bonchev–Trinajstić information content (AvgIpc) is 3.51. The molecule has 1 aliphatic carbocycles. The molecule has 0 radical (unpaired) electrons. The first-order chi connectivity index (χ1) is 14.6. The summed E-state index contributed by atoms with van der Waals surface area (Å²) in [6, 6.07) is 17.2. The van der Waals surface area contributed by atoms with Crippen molar-refractivity contribution in [2.75, 3.05) is 0 Å². The van der Waals surface area contributed by atoms with E-state index in [2.05, 4.69) is 10.5 Å². The summed E-state index contributed by atoms with van der Waals surface area (Å²) in [4.78, 5) is 26.8. The van der Waals surface area contributed by atoms with Gasteiger partial charge in [-0.15, -0.1) is 0 Å². The Balaban J connectivity index is 1.39. The molecule has 1 fully saturated rings. The molecule has 1 saturated carbocycles. The normalized spacial score (nSPS) is 13.1. The minimum atomic E-state index is -0.391. The van der Waals surface area contributed by atoms with Gasteiger partial charge in [-0.2, -0.15) is 0 Å². The molecule has 30 heavy (non-hydrogen) atoms. The molecule has 6 nitrogen and oxygen atoms in total. The lowest BCUT2D eigenvalue weighted by Crippen LogP contribution is -2.31. The average molecular weight is 407 g/mol. The lowest BCUT2D eigenvalue weighted by atomic mass is 10.2. The van der Waals surface area contributed by atoms with Crippen LogP contribution in [0.4, 0.5) is 4.39 Å². The van der Waals surface area contributed by atoms with Gasteiger partial charge in [-0.1, -0.05) is 47.6 Å². The lowest BCUT2D eigenvalue weighted by Gasteiger charge is -2.21. The number of hydrogen-bond acceptors (Lipinski definition) is 4. The van der Waals surface area contributed by atoms with E-state index in [4.69, 9.17) is 4.52 Å². The third kappa shape index (κ3) is 5.11. The summed E-state index contributed by atoms with van der Waals surface area (Å²) >= 11 is 0. The molecule has 1 aromatic heterocycles. The minimum absolute atomic E-state index is 0.0788. The molecule has 0 aliphatic heterocycles. The van der Waals surface area contributed by atoms with Crippen molar-refractivity contribution in [2.45, 2.75) is 32.5 Å². The van der Waals surface area contributed by atoms with Crippen LogP contribution in [0.1, 0.15) is 40.2 Å². The van der Waals surface area contributed by atoms with Crippen LogP contribution in [0.2, 0.25) is 0 Å². The number of rotatable bonds is 8. The van der Waals surface area contributed by atoms with Crippen molar-refractivity contribution in [1.82, 2.24) is 15.4 Å². The number of hydrogen-bond donors (Lipinski definition) is 1. The van der Waals surface area contributed by atoms with E-state index in [0.717, 1.165) is 24.0 Å². The van der Waals surface area contributed by atoms with Crippen LogP contribution in [-0.2, 0) is 24.4 Å². The second kappa shape index (κ2) is 8.90. The van der Waals surface area contributed by atoms with Gasteiger partial charge >= 0.3 is 0 Å². The SMILES string of the molecule is O=C(NCc1ccc(F)cc1)c1cc(CN(Cc2ccccc2)C(=O)C2CC2)on1. The van der Waals surface area contributed by atoms with Crippen molar-refractivity contribution in [1.29, 1.82) is 0 Å². The van der Waals surface area contributed by atoms with Gasteiger partial charge in [0.2, 0.25) is 5.91 Å². The number of nitrogens with one attached hydrogen (secondary N) is 1. The van der Waals surface area contributed by atoms with Gasteiger partial charge in [-0.05, 0) is 36.1 Å². The number of carbonyl (C=O) groups is 2. The van der Waals surface area contributed by atoms with Crippen LogP contribution in [0, 0.1) is 11.7 Å². The monoisotopic (exact) mass is 407 g/mol. The number of benzene rings is 2. The van der Waals surface area contributed by atoms with Crippen molar-refractivity contribution >= 4 is 11.8 Å². The van der Waals surface area contributed by atoms with Gasteiger partial charge in [0.15, 0.2) is 11.5 Å². The molecule has 2 aromatic carbocycles. The molecule has 3 aromatic rings. The van der Waals surface area contributed by atoms with E-state index < -0.39 is 5.91 Å². The van der Waals surface area contributed by atoms with E-state index in [1.54, 1.807) is 23.1 Å². The van der Waals surface area contributed by atoms with Gasteiger partial charge in [-0.3, -0.25) is 9.59 Å². The topological polar surface area (TPSA) is 75.4 Å². The van der Waals surface area contributed by atoms with Crippen LogP contribution < -0.4 is 5.32 Å². The predicted molar refractivity (Wildman–Crippen MR) is 107 cm³/mol. The lowest BCUT2D eigenvalue weighted by molar-refractivity contribution is -0.134. The van der Waals surface area contributed by atoms with Crippen molar-refractivity contribution in [3.8, 4) is 0 Å². The summed E-state index contributed by atoms with van der Waals surface area (Å²) in [5.74, 6) is -0.0935. The summed E-state index contributed by atoms with van der Waals surface area (Å²) in [5.41, 5.74) is 1.95. The fourth-order valence-electron chi connectivity index (χ4n) is 3.16. The van der Waals surface area contributed by atoms with E-state index in [0.29, 0.717) is 12.3 Å². The number of aromatic nitrogens is 1. The minimum Gasteiger partial charge on any atom is -0.359 e. The maximum atomic E-state index is 13.0. The molecule has 1 N–H and O–H groups in total. The Hall–Kier alpha value is -3.48.